The first-order valence-electron chi connectivity index (χ1n) is 15.4. The van der Waals surface area contributed by atoms with E-state index < -0.39 is 35.2 Å². The first-order valence-corrected chi connectivity index (χ1v) is 15.4. The number of ether oxygens (including phenoxy) is 2. The van der Waals surface area contributed by atoms with Gasteiger partial charge in [0.05, 0.1) is 24.9 Å². The fourth-order valence-corrected chi connectivity index (χ4v) is 6.88. The number of primary amides is 1. The van der Waals surface area contributed by atoms with E-state index in [1.165, 1.54) is 16.5 Å². The van der Waals surface area contributed by atoms with Gasteiger partial charge in [-0.05, 0) is 76.4 Å². The first-order chi connectivity index (χ1) is 21.3. The summed E-state index contributed by atoms with van der Waals surface area (Å²) < 4.78 is 29.1. The van der Waals surface area contributed by atoms with Crippen LogP contribution in [0.2, 0.25) is 0 Å². The molecule has 0 bridgehead atoms. The molecule has 0 unspecified atom stereocenters. The molecule has 0 radical (unpaired) electrons. The Labute approximate surface area is 262 Å². The molecule has 1 fully saturated rings. The van der Waals surface area contributed by atoms with Crippen molar-refractivity contribution in [3.63, 3.8) is 0 Å². The van der Waals surface area contributed by atoms with Gasteiger partial charge in [-0.2, -0.15) is 5.10 Å². The highest BCUT2D eigenvalue weighted by Crippen LogP contribution is 2.50. The maximum absolute atomic E-state index is 15.7. The topological polar surface area (TPSA) is 120 Å². The lowest BCUT2D eigenvalue weighted by molar-refractivity contribution is -0.155. The van der Waals surface area contributed by atoms with Crippen LogP contribution in [-0.4, -0.2) is 68.7 Å². The number of aromatic nitrogens is 2. The summed E-state index contributed by atoms with van der Waals surface area (Å²) in [4.78, 5) is 41.9. The van der Waals surface area contributed by atoms with Crippen LogP contribution < -0.4 is 10.5 Å². The molecule has 6 rings (SSSR count). The predicted molar refractivity (Wildman–Crippen MR) is 165 cm³/mol. The Morgan fingerprint density at radius 3 is 2.60 bits per heavy atom. The van der Waals surface area contributed by atoms with Gasteiger partial charge >= 0.3 is 5.97 Å². The number of nitrogens with zero attached hydrogens (tertiary/aromatic N) is 4. The van der Waals surface area contributed by atoms with Crippen molar-refractivity contribution in [1.29, 1.82) is 0 Å². The second kappa shape index (κ2) is 11.6. The molecule has 11 heteroatoms. The summed E-state index contributed by atoms with van der Waals surface area (Å²) in [6, 6.07) is 8.86. The number of fused-ring (bicyclic) bond motifs is 4. The van der Waals surface area contributed by atoms with Crippen LogP contribution in [0.5, 0.6) is 5.75 Å². The number of rotatable bonds is 8. The molecule has 2 amide bonds. The Balaban J connectivity index is 1.15. The van der Waals surface area contributed by atoms with Gasteiger partial charge in [0.1, 0.15) is 23.2 Å². The van der Waals surface area contributed by atoms with Crippen LogP contribution in [-0.2, 0) is 39.9 Å². The summed E-state index contributed by atoms with van der Waals surface area (Å²) in [5.41, 5.74) is 9.22. The summed E-state index contributed by atoms with van der Waals surface area (Å²) in [7, 11) is 1.91. The number of piperidine rings is 1. The molecular weight excluding hydrogens is 577 g/mol. The predicted octanol–water partition coefficient (Wildman–Crippen LogP) is 4.08. The van der Waals surface area contributed by atoms with Crippen molar-refractivity contribution in [2.45, 2.75) is 76.6 Å². The average molecular weight is 618 g/mol. The Kier molecular flexibility index (Phi) is 7.93. The van der Waals surface area contributed by atoms with E-state index in [2.05, 4.69) is 34.3 Å². The smallest absolute Gasteiger partial charge is 0.306 e. The van der Waals surface area contributed by atoms with E-state index >= 15 is 4.39 Å². The number of esters is 1. The molecule has 3 aromatic rings. The molecule has 3 aliphatic heterocycles. The number of aryl methyl sites for hydroxylation is 1. The van der Waals surface area contributed by atoms with Crippen molar-refractivity contribution in [3.05, 3.63) is 70.8 Å². The van der Waals surface area contributed by atoms with Crippen molar-refractivity contribution in [2.24, 2.45) is 12.8 Å². The SMILES string of the molecule is Cn1cc(-c2cccc(CN3CCC4(CC3)COc3c4cc(F)c4c3CN([C@@H](CCC(=O)OC(C)(C)C)C(N)=O)C4=O)c2)cn1. The van der Waals surface area contributed by atoms with Crippen LogP contribution in [0.1, 0.15) is 73.5 Å². The maximum atomic E-state index is 15.7. The highest BCUT2D eigenvalue weighted by molar-refractivity contribution is 6.02. The Morgan fingerprint density at radius 2 is 1.93 bits per heavy atom. The third kappa shape index (κ3) is 6.05. The number of hydrogen-bond donors (Lipinski definition) is 1. The van der Waals surface area contributed by atoms with E-state index in [0.29, 0.717) is 17.9 Å². The van der Waals surface area contributed by atoms with Gasteiger partial charge in [0.2, 0.25) is 5.91 Å². The number of halogens is 1. The largest absolute Gasteiger partial charge is 0.492 e. The van der Waals surface area contributed by atoms with Crippen LogP contribution in [0, 0.1) is 5.82 Å². The summed E-state index contributed by atoms with van der Waals surface area (Å²) in [6.07, 6.45) is 5.33. The summed E-state index contributed by atoms with van der Waals surface area (Å²) in [6.45, 7) is 8.09. The molecule has 1 saturated heterocycles. The number of likely N-dealkylation sites (tertiary alicyclic amines) is 1. The fraction of sp³-hybridized carbons (Fsp3) is 0.471. The fourth-order valence-electron chi connectivity index (χ4n) is 6.88. The lowest BCUT2D eigenvalue weighted by atomic mass is 9.73. The van der Waals surface area contributed by atoms with Crippen LogP contribution >= 0.6 is 0 Å². The number of carbonyl (C=O) groups excluding carboxylic acids is 3. The van der Waals surface area contributed by atoms with Gasteiger partial charge in [-0.15, -0.1) is 0 Å². The Bertz CT molecular complexity index is 1650. The summed E-state index contributed by atoms with van der Waals surface area (Å²) >= 11 is 0. The highest BCUT2D eigenvalue weighted by Gasteiger charge is 2.48. The minimum absolute atomic E-state index is 0.00827. The van der Waals surface area contributed by atoms with Crippen molar-refractivity contribution < 1.29 is 28.2 Å². The second-order valence-electron chi connectivity index (χ2n) is 13.5. The quantitative estimate of drug-likeness (QED) is 0.378. The van der Waals surface area contributed by atoms with E-state index in [9.17, 15) is 14.4 Å². The molecule has 238 valence electrons. The molecule has 0 saturated carbocycles. The molecule has 2 N–H and O–H groups in total. The molecule has 1 atom stereocenters. The average Bonchev–Trinajstić information content (AvgIpc) is 3.66. The maximum Gasteiger partial charge on any atom is 0.306 e. The van der Waals surface area contributed by atoms with Crippen LogP contribution in [0.25, 0.3) is 11.1 Å². The first kappa shape index (κ1) is 30.8. The zero-order chi connectivity index (χ0) is 32.1. The molecule has 4 heterocycles. The van der Waals surface area contributed by atoms with Crippen LogP contribution in [0.3, 0.4) is 0 Å². The van der Waals surface area contributed by atoms with Gasteiger partial charge in [-0.25, -0.2) is 4.39 Å². The normalized spacial score (nSPS) is 18.1. The van der Waals surface area contributed by atoms with Gasteiger partial charge in [0.25, 0.3) is 5.91 Å². The molecule has 3 aliphatic rings. The van der Waals surface area contributed by atoms with Gasteiger partial charge in [-0.3, -0.25) is 24.0 Å². The van der Waals surface area contributed by atoms with Crippen LogP contribution in [0.4, 0.5) is 4.39 Å². The van der Waals surface area contributed by atoms with Gasteiger partial charge in [0.15, 0.2) is 0 Å². The summed E-state index contributed by atoms with van der Waals surface area (Å²) in [5, 5.41) is 4.28. The Morgan fingerprint density at radius 1 is 1.18 bits per heavy atom. The highest BCUT2D eigenvalue weighted by atomic mass is 19.1. The van der Waals surface area contributed by atoms with Crippen molar-refractivity contribution >= 4 is 17.8 Å². The minimum Gasteiger partial charge on any atom is -0.492 e. The standard InChI is InChI=1S/C34H40FN5O5/c1-33(2,3)45-28(41)9-8-27(31(36)42)40-19-24-29(32(40)43)26(35)15-25-30(24)44-20-34(25)10-12-39(13-11-34)17-21-6-5-7-22(14-21)23-16-37-38(4)18-23/h5-7,14-16,18,27H,8-13,17,19-20H2,1-4H3,(H2,36,42)/t27-/m0/s1. The molecule has 1 aromatic heterocycles. The van der Waals surface area contributed by atoms with Gasteiger partial charge in [0, 0.05) is 48.3 Å². The van der Waals surface area contributed by atoms with E-state index in [4.69, 9.17) is 15.2 Å². The van der Waals surface area contributed by atoms with Gasteiger partial charge in [-0.1, -0.05) is 18.2 Å². The zero-order valence-electron chi connectivity index (χ0n) is 26.3. The number of carbonyl (C=O) groups is 3. The van der Waals surface area contributed by atoms with Crippen molar-refractivity contribution in [2.75, 3.05) is 19.7 Å². The molecule has 1 spiro atoms. The minimum atomic E-state index is -1.08. The van der Waals surface area contributed by atoms with Crippen molar-refractivity contribution in [3.8, 4) is 16.9 Å². The van der Waals surface area contributed by atoms with Crippen LogP contribution in [0.15, 0.2) is 42.7 Å². The zero-order valence-corrected chi connectivity index (χ0v) is 26.3. The number of nitrogens with two attached hydrogens (primary N) is 1. The number of benzene rings is 2. The summed E-state index contributed by atoms with van der Waals surface area (Å²) in [5.74, 6) is -1.96. The monoisotopic (exact) mass is 617 g/mol. The van der Waals surface area contributed by atoms with E-state index in [1.807, 2.05) is 19.4 Å². The molecular formula is C34H40FN5O5. The molecule has 10 nitrogen and oxygen atoms in total. The number of amides is 2. The van der Waals surface area contributed by atoms with E-state index in [-0.39, 0.29) is 30.4 Å². The molecule has 2 aromatic carbocycles. The number of hydrogen-bond acceptors (Lipinski definition) is 7. The lowest BCUT2D eigenvalue weighted by Crippen LogP contribution is -2.45. The van der Waals surface area contributed by atoms with Gasteiger partial charge < -0.3 is 20.1 Å². The third-order valence-electron chi connectivity index (χ3n) is 9.13. The second-order valence-corrected chi connectivity index (χ2v) is 13.5. The molecule has 45 heavy (non-hydrogen) atoms. The van der Waals surface area contributed by atoms with E-state index in [1.54, 1.807) is 25.5 Å². The van der Waals surface area contributed by atoms with Crippen molar-refractivity contribution in [1.82, 2.24) is 19.6 Å². The molecule has 0 aliphatic carbocycles. The lowest BCUT2D eigenvalue weighted by Gasteiger charge is -2.38. The van der Waals surface area contributed by atoms with E-state index in [0.717, 1.165) is 49.2 Å². The Hall–Kier alpha value is -4.25. The third-order valence-corrected chi connectivity index (χ3v) is 9.13.